The molecule has 8 heteroatoms. The molecule has 2 unspecified atom stereocenters. The zero-order valence-electron chi connectivity index (χ0n) is 11.5. The maximum absolute atomic E-state index is 11.9. The van der Waals surface area contributed by atoms with Crippen LogP contribution in [-0.4, -0.2) is 50.6 Å². The quantitative estimate of drug-likeness (QED) is 0.891. The third-order valence-corrected chi connectivity index (χ3v) is 5.35. The van der Waals surface area contributed by atoms with Crippen molar-refractivity contribution in [1.82, 2.24) is 14.6 Å². The van der Waals surface area contributed by atoms with Gasteiger partial charge < -0.3 is 5.32 Å². The number of nitrogens with one attached hydrogen (secondary N) is 1. The topological polar surface area (TPSA) is 62.3 Å². The third kappa shape index (κ3) is 4.56. The first kappa shape index (κ1) is 19.6. The van der Waals surface area contributed by atoms with Gasteiger partial charge in [0.1, 0.15) is 0 Å². The molecule has 1 aromatic heterocycles. The van der Waals surface area contributed by atoms with Crippen molar-refractivity contribution < 1.29 is 8.42 Å². The van der Waals surface area contributed by atoms with Crippen LogP contribution < -0.4 is 5.32 Å². The van der Waals surface area contributed by atoms with Crippen LogP contribution >= 0.6 is 24.8 Å². The summed E-state index contributed by atoms with van der Waals surface area (Å²) in [6, 6.07) is 5.78. The lowest BCUT2D eigenvalue weighted by Gasteiger charge is -2.20. The molecule has 116 valence electrons. The fraction of sp³-hybridized carbons (Fsp3) is 0.583. The maximum Gasteiger partial charge on any atom is 0.213 e. The smallest absolute Gasteiger partial charge is 0.213 e. The number of rotatable bonds is 4. The maximum atomic E-state index is 11.9. The molecule has 0 spiro atoms. The van der Waals surface area contributed by atoms with E-state index >= 15 is 0 Å². The molecule has 0 aromatic carbocycles. The Labute approximate surface area is 133 Å². The van der Waals surface area contributed by atoms with Gasteiger partial charge in [-0.3, -0.25) is 4.98 Å². The monoisotopic (exact) mass is 341 g/mol. The molecule has 1 aromatic rings. The van der Waals surface area contributed by atoms with Crippen LogP contribution in [0.1, 0.15) is 11.6 Å². The normalized spacial score (nSPS) is 22.1. The van der Waals surface area contributed by atoms with Crippen molar-refractivity contribution in [2.24, 2.45) is 5.92 Å². The van der Waals surface area contributed by atoms with Crippen molar-refractivity contribution in [2.45, 2.75) is 5.92 Å². The van der Waals surface area contributed by atoms with E-state index in [1.54, 1.807) is 20.3 Å². The van der Waals surface area contributed by atoms with Crippen LogP contribution in [-0.2, 0) is 10.0 Å². The molecule has 1 aliphatic heterocycles. The molecule has 0 radical (unpaired) electrons. The lowest BCUT2D eigenvalue weighted by molar-refractivity contribution is 0.489. The molecule has 20 heavy (non-hydrogen) atoms. The first-order valence-corrected chi connectivity index (χ1v) is 7.63. The highest BCUT2D eigenvalue weighted by atomic mass is 35.5. The zero-order chi connectivity index (χ0) is 13.2. The second-order valence-corrected chi connectivity index (χ2v) is 7.07. The predicted molar refractivity (Wildman–Crippen MR) is 85.3 cm³/mol. The second kappa shape index (κ2) is 8.14. The van der Waals surface area contributed by atoms with Gasteiger partial charge in [-0.2, -0.15) is 0 Å². The third-order valence-electron chi connectivity index (χ3n) is 3.39. The second-order valence-electron chi connectivity index (χ2n) is 4.84. The molecule has 1 fully saturated rings. The van der Waals surface area contributed by atoms with Crippen LogP contribution in [0.25, 0.3) is 0 Å². The summed E-state index contributed by atoms with van der Waals surface area (Å²) in [5.74, 6) is 0.446. The fourth-order valence-electron chi connectivity index (χ4n) is 2.27. The number of hydrogen-bond donors (Lipinski definition) is 1. The molecule has 5 nitrogen and oxygen atoms in total. The summed E-state index contributed by atoms with van der Waals surface area (Å²) in [5.41, 5.74) is 0.974. The van der Waals surface area contributed by atoms with Crippen molar-refractivity contribution in [1.29, 1.82) is 0 Å². The molecular formula is C12H21Cl2N3O2S. The van der Waals surface area contributed by atoms with Crippen LogP contribution in [0.4, 0.5) is 0 Å². The van der Waals surface area contributed by atoms with Gasteiger partial charge in [0.25, 0.3) is 0 Å². The molecule has 2 atom stereocenters. The van der Waals surface area contributed by atoms with Crippen molar-refractivity contribution in [3.05, 3.63) is 30.1 Å². The van der Waals surface area contributed by atoms with Gasteiger partial charge in [-0.05, 0) is 24.6 Å². The lowest BCUT2D eigenvalue weighted by atomic mass is 9.94. The Morgan fingerprint density at radius 1 is 1.30 bits per heavy atom. The first-order valence-electron chi connectivity index (χ1n) is 6.02. The standard InChI is InChI=1S/C12H19N3O2S.2ClH/c1-15(2)18(16,17)9-10-7-13-8-11(10)12-5-3-4-6-14-12;;/h3-6,10-11,13H,7-9H2,1-2H3;2*1H. The Balaban J connectivity index is 0.00000180. The van der Waals surface area contributed by atoms with Crippen LogP contribution in [0, 0.1) is 5.92 Å². The Bertz CT molecular complexity index is 497. The Morgan fingerprint density at radius 3 is 2.55 bits per heavy atom. The molecule has 0 aliphatic carbocycles. The average molecular weight is 342 g/mol. The number of halogens is 2. The summed E-state index contributed by atoms with van der Waals surface area (Å²) >= 11 is 0. The van der Waals surface area contributed by atoms with Gasteiger partial charge in [-0.15, -0.1) is 24.8 Å². The van der Waals surface area contributed by atoms with Crippen LogP contribution in [0.15, 0.2) is 24.4 Å². The number of pyridine rings is 1. The van der Waals surface area contributed by atoms with Gasteiger partial charge in [-0.25, -0.2) is 12.7 Å². The number of aromatic nitrogens is 1. The van der Waals surface area contributed by atoms with Crippen LogP contribution in [0.3, 0.4) is 0 Å². The van der Waals surface area contributed by atoms with E-state index in [1.165, 1.54) is 4.31 Å². The van der Waals surface area contributed by atoms with Gasteiger partial charge in [-0.1, -0.05) is 6.07 Å². The van der Waals surface area contributed by atoms with E-state index in [4.69, 9.17) is 0 Å². The summed E-state index contributed by atoms with van der Waals surface area (Å²) in [5, 5.41) is 3.26. The minimum absolute atomic E-state index is 0. The van der Waals surface area contributed by atoms with Crippen molar-refractivity contribution in [2.75, 3.05) is 32.9 Å². The van der Waals surface area contributed by atoms with Gasteiger partial charge in [0, 0.05) is 38.4 Å². The minimum atomic E-state index is -3.16. The summed E-state index contributed by atoms with van der Waals surface area (Å²) < 4.78 is 25.2. The summed E-state index contributed by atoms with van der Waals surface area (Å²) in [6.07, 6.45) is 1.76. The summed E-state index contributed by atoms with van der Waals surface area (Å²) in [6.45, 7) is 1.53. The number of nitrogens with zero attached hydrogens (tertiary/aromatic N) is 2. The number of hydrogen-bond acceptors (Lipinski definition) is 4. The molecule has 1 aliphatic rings. The minimum Gasteiger partial charge on any atom is -0.316 e. The highest BCUT2D eigenvalue weighted by molar-refractivity contribution is 7.89. The van der Waals surface area contributed by atoms with E-state index in [-0.39, 0.29) is 42.4 Å². The molecule has 2 rings (SSSR count). The Morgan fingerprint density at radius 2 is 2.00 bits per heavy atom. The summed E-state index contributed by atoms with van der Waals surface area (Å²) in [7, 11) is -0.00323. The van der Waals surface area contributed by atoms with Crippen molar-refractivity contribution in [3.8, 4) is 0 Å². The van der Waals surface area contributed by atoms with Gasteiger partial charge in [0.2, 0.25) is 10.0 Å². The molecular weight excluding hydrogens is 321 g/mol. The van der Waals surface area contributed by atoms with E-state index in [2.05, 4.69) is 10.3 Å². The van der Waals surface area contributed by atoms with E-state index in [0.29, 0.717) is 0 Å². The lowest BCUT2D eigenvalue weighted by Crippen LogP contribution is -2.31. The van der Waals surface area contributed by atoms with Crippen molar-refractivity contribution in [3.63, 3.8) is 0 Å². The summed E-state index contributed by atoms with van der Waals surface area (Å²) in [4.78, 5) is 4.34. The predicted octanol–water partition coefficient (Wildman–Crippen LogP) is 1.12. The van der Waals surface area contributed by atoms with E-state index in [1.807, 2.05) is 18.2 Å². The van der Waals surface area contributed by atoms with Crippen LogP contribution in [0.2, 0.25) is 0 Å². The SMILES string of the molecule is CN(C)S(=O)(=O)CC1CNCC1c1ccccn1.Cl.Cl. The van der Waals surface area contributed by atoms with Crippen molar-refractivity contribution >= 4 is 34.8 Å². The molecule has 0 saturated carbocycles. The van der Waals surface area contributed by atoms with E-state index in [9.17, 15) is 8.42 Å². The molecule has 1 N–H and O–H groups in total. The average Bonchev–Trinajstić information content (AvgIpc) is 2.77. The zero-order valence-corrected chi connectivity index (χ0v) is 14.0. The number of sulfonamides is 1. The molecule has 0 amide bonds. The van der Waals surface area contributed by atoms with Gasteiger partial charge >= 0.3 is 0 Å². The van der Waals surface area contributed by atoms with E-state index in [0.717, 1.165) is 18.8 Å². The largest absolute Gasteiger partial charge is 0.316 e. The van der Waals surface area contributed by atoms with Crippen LogP contribution in [0.5, 0.6) is 0 Å². The first-order chi connectivity index (χ1) is 8.50. The molecule has 0 bridgehead atoms. The molecule has 2 heterocycles. The Kier molecular flexibility index (Phi) is 7.98. The highest BCUT2D eigenvalue weighted by Crippen LogP contribution is 2.28. The fourth-order valence-corrected chi connectivity index (χ4v) is 3.46. The van der Waals surface area contributed by atoms with Gasteiger partial charge in [0.15, 0.2) is 0 Å². The molecule has 1 saturated heterocycles. The Hall–Kier alpha value is -0.400. The highest BCUT2D eigenvalue weighted by Gasteiger charge is 2.33. The van der Waals surface area contributed by atoms with Gasteiger partial charge in [0.05, 0.1) is 5.75 Å². The van der Waals surface area contributed by atoms with E-state index < -0.39 is 10.0 Å².